The van der Waals surface area contributed by atoms with Crippen LogP contribution in [0.3, 0.4) is 0 Å². The zero-order valence-electron chi connectivity index (χ0n) is 13.8. The number of hydrogen-bond acceptors (Lipinski definition) is 4. The molecule has 5 nitrogen and oxygen atoms in total. The third-order valence-corrected chi connectivity index (χ3v) is 4.90. The first kappa shape index (κ1) is 17.2. The van der Waals surface area contributed by atoms with Crippen LogP contribution in [0.25, 0.3) is 11.3 Å². The number of benzene rings is 1. The molecule has 1 fully saturated rings. The Morgan fingerprint density at radius 1 is 1.25 bits per heavy atom. The molecule has 0 saturated carbocycles. The molecule has 1 aromatic heterocycles. The van der Waals surface area contributed by atoms with Crippen LogP contribution in [0, 0.1) is 6.92 Å². The summed E-state index contributed by atoms with van der Waals surface area (Å²) in [6.07, 6.45) is 3.83. The van der Waals surface area contributed by atoms with Gasteiger partial charge in [-0.1, -0.05) is 39.6 Å². The van der Waals surface area contributed by atoms with Crippen molar-refractivity contribution >= 4 is 21.8 Å². The summed E-state index contributed by atoms with van der Waals surface area (Å²) in [5, 5.41) is 7.08. The Kier molecular flexibility index (Phi) is 5.68. The fraction of sp³-hybridized carbons (Fsp3) is 0.444. The first-order chi connectivity index (χ1) is 11.6. The number of rotatable bonds is 5. The zero-order chi connectivity index (χ0) is 16.9. The summed E-state index contributed by atoms with van der Waals surface area (Å²) in [6.45, 7) is 5.57. The van der Waals surface area contributed by atoms with Crippen LogP contribution < -0.4 is 5.32 Å². The van der Waals surface area contributed by atoms with Crippen molar-refractivity contribution in [2.75, 3.05) is 26.2 Å². The molecular weight excluding hydrogens is 370 g/mol. The molecule has 0 radical (unpaired) electrons. The number of nitrogens with one attached hydrogen (secondary N) is 1. The molecule has 1 N–H and O–H groups in total. The summed E-state index contributed by atoms with van der Waals surface area (Å²) >= 11 is 3.41. The SMILES string of the molecule is Cc1onc(-c2ccc(Br)cc2)c1C(=O)NCCN1CCCCC1. The number of hydrogen-bond donors (Lipinski definition) is 1. The van der Waals surface area contributed by atoms with E-state index in [1.54, 1.807) is 6.92 Å². The third-order valence-electron chi connectivity index (χ3n) is 4.37. The standard InChI is InChI=1S/C18H22BrN3O2/c1-13-16(17(21-24-13)14-5-7-15(19)8-6-14)18(23)20-9-12-22-10-3-2-4-11-22/h5-8H,2-4,9-12H2,1H3,(H,20,23). The van der Waals surface area contributed by atoms with E-state index in [0.717, 1.165) is 29.7 Å². The lowest BCUT2D eigenvalue weighted by Gasteiger charge is -2.26. The number of likely N-dealkylation sites (tertiary alicyclic amines) is 1. The minimum Gasteiger partial charge on any atom is -0.360 e. The first-order valence-corrected chi connectivity index (χ1v) is 9.17. The van der Waals surface area contributed by atoms with E-state index in [9.17, 15) is 4.79 Å². The summed E-state index contributed by atoms with van der Waals surface area (Å²) in [6, 6.07) is 7.70. The quantitative estimate of drug-likeness (QED) is 0.845. The molecule has 1 aromatic carbocycles. The second kappa shape index (κ2) is 7.94. The van der Waals surface area contributed by atoms with Crippen molar-refractivity contribution in [3.63, 3.8) is 0 Å². The fourth-order valence-corrected chi connectivity index (χ4v) is 3.31. The van der Waals surface area contributed by atoms with E-state index in [1.165, 1.54) is 19.3 Å². The molecule has 0 spiro atoms. The van der Waals surface area contributed by atoms with Crippen molar-refractivity contribution < 1.29 is 9.32 Å². The number of aryl methyl sites for hydroxylation is 1. The van der Waals surface area contributed by atoms with E-state index >= 15 is 0 Å². The smallest absolute Gasteiger partial charge is 0.257 e. The van der Waals surface area contributed by atoms with E-state index in [2.05, 4.69) is 31.3 Å². The topological polar surface area (TPSA) is 58.4 Å². The van der Waals surface area contributed by atoms with E-state index < -0.39 is 0 Å². The van der Waals surface area contributed by atoms with Gasteiger partial charge in [0.2, 0.25) is 0 Å². The fourth-order valence-electron chi connectivity index (χ4n) is 3.04. The highest BCUT2D eigenvalue weighted by Crippen LogP contribution is 2.26. The number of halogens is 1. The minimum atomic E-state index is -0.122. The highest BCUT2D eigenvalue weighted by molar-refractivity contribution is 9.10. The molecule has 128 valence electrons. The van der Waals surface area contributed by atoms with E-state index in [4.69, 9.17) is 4.52 Å². The van der Waals surface area contributed by atoms with Gasteiger partial charge in [0.1, 0.15) is 17.0 Å². The van der Waals surface area contributed by atoms with Gasteiger partial charge in [0.05, 0.1) is 0 Å². The third kappa shape index (κ3) is 4.05. The predicted molar refractivity (Wildman–Crippen MR) is 97.0 cm³/mol. The van der Waals surface area contributed by atoms with Gasteiger partial charge in [-0.15, -0.1) is 0 Å². The van der Waals surface area contributed by atoms with Gasteiger partial charge in [-0.25, -0.2) is 0 Å². The maximum absolute atomic E-state index is 12.6. The Balaban J connectivity index is 1.66. The lowest BCUT2D eigenvalue weighted by atomic mass is 10.1. The van der Waals surface area contributed by atoms with Crippen molar-refractivity contribution in [1.29, 1.82) is 0 Å². The number of nitrogens with zero attached hydrogens (tertiary/aromatic N) is 2. The maximum Gasteiger partial charge on any atom is 0.257 e. The van der Waals surface area contributed by atoms with Crippen molar-refractivity contribution in [1.82, 2.24) is 15.4 Å². The van der Waals surface area contributed by atoms with Crippen LogP contribution in [-0.4, -0.2) is 42.1 Å². The summed E-state index contributed by atoms with van der Waals surface area (Å²) in [7, 11) is 0. The minimum absolute atomic E-state index is 0.122. The molecular formula is C18H22BrN3O2. The number of carbonyl (C=O) groups is 1. The highest BCUT2D eigenvalue weighted by Gasteiger charge is 2.21. The summed E-state index contributed by atoms with van der Waals surface area (Å²) in [5.41, 5.74) is 1.99. The van der Waals surface area contributed by atoms with Crippen molar-refractivity contribution in [2.45, 2.75) is 26.2 Å². The van der Waals surface area contributed by atoms with Crippen LogP contribution in [-0.2, 0) is 0 Å². The lowest BCUT2D eigenvalue weighted by Crippen LogP contribution is -2.37. The summed E-state index contributed by atoms with van der Waals surface area (Å²) in [5.74, 6) is 0.423. The van der Waals surface area contributed by atoms with Crippen molar-refractivity contribution in [3.8, 4) is 11.3 Å². The van der Waals surface area contributed by atoms with Gasteiger partial charge in [0.25, 0.3) is 5.91 Å². The molecule has 0 aliphatic carbocycles. The normalized spacial score (nSPS) is 15.4. The summed E-state index contributed by atoms with van der Waals surface area (Å²) in [4.78, 5) is 15.0. The average Bonchev–Trinajstić information content (AvgIpc) is 2.98. The number of piperidine rings is 1. The van der Waals surface area contributed by atoms with Gasteiger partial charge >= 0.3 is 0 Å². The van der Waals surface area contributed by atoms with Crippen LogP contribution >= 0.6 is 15.9 Å². The van der Waals surface area contributed by atoms with Crippen LogP contribution in [0.15, 0.2) is 33.3 Å². The molecule has 1 saturated heterocycles. The zero-order valence-corrected chi connectivity index (χ0v) is 15.4. The average molecular weight is 392 g/mol. The first-order valence-electron chi connectivity index (χ1n) is 8.38. The van der Waals surface area contributed by atoms with Crippen LogP contribution in [0.4, 0.5) is 0 Å². The monoisotopic (exact) mass is 391 g/mol. The Morgan fingerprint density at radius 2 is 1.96 bits per heavy atom. The molecule has 0 atom stereocenters. The van der Waals surface area contributed by atoms with Gasteiger partial charge < -0.3 is 14.7 Å². The van der Waals surface area contributed by atoms with Crippen LogP contribution in [0.1, 0.15) is 35.4 Å². The van der Waals surface area contributed by atoms with Crippen LogP contribution in [0.2, 0.25) is 0 Å². The Labute approximate surface area is 150 Å². The molecule has 24 heavy (non-hydrogen) atoms. The largest absolute Gasteiger partial charge is 0.360 e. The number of carbonyl (C=O) groups excluding carboxylic acids is 1. The second-order valence-corrected chi connectivity index (χ2v) is 7.04. The Morgan fingerprint density at radius 3 is 2.67 bits per heavy atom. The van der Waals surface area contributed by atoms with Gasteiger partial charge in [0, 0.05) is 23.1 Å². The number of aromatic nitrogens is 1. The molecule has 1 aliphatic heterocycles. The van der Waals surface area contributed by atoms with E-state index in [0.29, 0.717) is 23.6 Å². The van der Waals surface area contributed by atoms with Gasteiger partial charge in [-0.2, -0.15) is 0 Å². The van der Waals surface area contributed by atoms with E-state index in [1.807, 2.05) is 24.3 Å². The molecule has 0 unspecified atom stereocenters. The molecule has 2 aromatic rings. The van der Waals surface area contributed by atoms with Gasteiger partial charge in [0.15, 0.2) is 0 Å². The maximum atomic E-state index is 12.6. The summed E-state index contributed by atoms with van der Waals surface area (Å²) < 4.78 is 6.25. The van der Waals surface area contributed by atoms with Gasteiger partial charge in [-0.3, -0.25) is 4.79 Å². The molecule has 1 aliphatic rings. The Bertz CT molecular complexity index is 691. The lowest BCUT2D eigenvalue weighted by molar-refractivity contribution is 0.0945. The molecule has 2 heterocycles. The van der Waals surface area contributed by atoms with Gasteiger partial charge in [-0.05, 0) is 45.0 Å². The molecule has 0 bridgehead atoms. The van der Waals surface area contributed by atoms with Crippen LogP contribution in [0.5, 0.6) is 0 Å². The Hall–Kier alpha value is -1.66. The molecule has 3 rings (SSSR count). The second-order valence-electron chi connectivity index (χ2n) is 6.13. The van der Waals surface area contributed by atoms with Crippen molar-refractivity contribution in [2.24, 2.45) is 0 Å². The number of amides is 1. The highest BCUT2D eigenvalue weighted by atomic mass is 79.9. The van der Waals surface area contributed by atoms with Crippen molar-refractivity contribution in [3.05, 3.63) is 40.1 Å². The predicted octanol–water partition coefficient (Wildman–Crippen LogP) is 3.63. The van der Waals surface area contributed by atoms with E-state index in [-0.39, 0.29) is 5.91 Å². The molecule has 6 heteroatoms. The molecule has 1 amide bonds.